The van der Waals surface area contributed by atoms with Crippen LogP contribution in [0.2, 0.25) is 0 Å². The van der Waals surface area contributed by atoms with Gasteiger partial charge in [-0.2, -0.15) is 10.2 Å². The molecule has 2 fully saturated rings. The van der Waals surface area contributed by atoms with E-state index in [1.54, 1.807) is 4.68 Å². The van der Waals surface area contributed by atoms with Crippen molar-refractivity contribution in [3.8, 4) is 33.6 Å². The Morgan fingerprint density at radius 3 is 2.47 bits per heavy atom. The average Bonchev–Trinajstić information content (AvgIpc) is 3.59. The maximum Gasteiger partial charge on any atom is 0.248 e. The maximum absolute atomic E-state index is 12.3. The summed E-state index contributed by atoms with van der Waals surface area (Å²) in [5.74, 6) is 0.790. The number of ether oxygens (including phenoxy) is 1. The van der Waals surface area contributed by atoms with Crippen LogP contribution in [0, 0.1) is 0 Å². The number of aryl methyl sites for hydroxylation is 1. The molecule has 0 bridgehead atoms. The Kier molecular flexibility index (Phi) is 6.06. The van der Waals surface area contributed by atoms with E-state index in [0.29, 0.717) is 19.0 Å². The second-order valence-corrected chi connectivity index (χ2v) is 9.60. The lowest BCUT2D eigenvalue weighted by Gasteiger charge is -2.39. The van der Waals surface area contributed by atoms with Crippen molar-refractivity contribution in [2.75, 3.05) is 19.8 Å². The molecule has 4 aromatic rings. The first-order chi connectivity index (χ1) is 17.6. The fraction of sp³-hybridized carbons (Fsp3) is 0.370. The number of benzene rings is 1. The van der Waals surface area contributed by atoms with Gasteiger partial charge in [0.25, 0.3) is 0 Å². The van der Waals surface area contributed by atoms with Crippen molar-refractivity contribution >= 4 is 5.91 Å². The minimum Gasteiger partial charge on any atom is -0.370 e. The van der Waals surface area contributed by atoms with Gasteiger partial charge in [-0.3, -0.25) is 14.2 Å². The largest absolute Gasteiger partial charge is 0.370 e. The first-order valence-electron chi connectivity index (χ1n) is 12.5. The number of morpholine rings is 1. The number of hydrogen-bond donors (Lipinski definition) is 0. The molecule has 0 unspecified atom stereocenters. The van der Waals surface area contributed by atoms with Gasteiger partial charge in [0, 0.05) is 66.7 Å². The van der Waals surface area contributed by atoms with E-state index in [-0.39, 0.29) is 24.6 Å². The van der Waals surface area contributed by atoms with Crippen molar-refractivity contribution in [2.24, 2.45) is 7.05 Å². The molecule has 9 heteroatoms. The van der Waals surface area contributed by atoms with Crippen LogP contribution in [-0.4, -0.2) is 66.1 Å². The van der Waals surface area contributed by atoms with E-state index in [2.05, 4.69) is 43.2 Å². The van der Waals surface area contributed by atoms with Crippen LogP contribution >= 0.6 is 0 Å². The van der Waals surface area contributed by atoms with Gasteiger partial charge in [0.15, 0.2) is 5.82 Å². The molecule has 0 spiro atoms. The summed E-state index contributed by atoms with van der Waals surface area (Å²) in [6, 6.07) is 8.73. The molecule has 3 aromatic heterocycles. The van der Waals surface area contributed by atoms with Crippen molar-refractivity contribution in [1.29, 1.82) is 0 Å². The van der Waals surface area contributed by atoms with Gasteiger partial charge < -0.3 is 9.64 Å². The van der Waals surface area contributed by atoms with Crippen molar-refractivity contribution in [2.45, 2.75) is 37.8 Å². The Morgan fingerprint density at radius 1 is 0.889 bits per heavy atom. The van der Waals surface area contributed by atoms with Crippen LogP contribution in [0.15, 0.2) is 61.4 Å². The number of carbonyl (C=O) groups is 1. The molecule has 1 saturated heterocycles. The second kappa shape index (κ2) is 9.66. The van der Waals surface area contributed by atoms with Gasteiger partial charge in [-0.15, -0.1) is 0 Å². The number of hydrogen-bond acceptors (Lipinski definition) is 6. The lowest BCUT2D eigenvalue weighted by molar-refractivity contribution is -0.146. The Hall–Kier alpha value is -3.85. The number of carbonyl (C=O) groups excluding carboxylic acids is 1. The van der Waals surface area contributed by atoms with Crippen LogP contribution in [0.25, 0.3) is 33.6 Å². The van der Waals surface area contributed by atoms with Gasteiger partial charge in [-0.1, -0.05) is 18.2 Å². The molecule has 1 saturated carbocycles. The van der Waals surface area contributed by atoms with Crippen LogP contribution in [0.4, 0.5) is 0 Å². The van der Waals surface area contributed by atoms with Gasteiger partial charge in [0.2, 0.25) is 5.91 Å². The SMILES string of the molecule is Cn1cc(-c2cccc(-c3ncc(-c4cnn([C@H]5CCC[C@H](N6CCOCC6=O)C5)c4)cn3)c2)cn1. The Balaban J connectivity index is 1.17. The summed E-state index contributed by atoms with van der Waals surface area (Å²) in [5.41, 5.74) is 5.04. The van der Waals surface area contributed by atoms with Crippen molar-refractivity contribution in [3.63, 3.8) is 0 Å². The van der Waals surface area contributed by atoms with E-state index < -0.39 is 0 Å². The highest BCUT2D eigenvalue weighted by atomic mass is 16.5. The highest BCUT2D eigenvalue weighted by Crippen LogP contribution is 2.33. The molecule has 4 heterocycles. The van der Waals surface area contributed by atoms with Gasteiger partial charge in [0.1, 0.15) is 6.61 Å². The lowest BCUT2D eigenvalue weighted by Crippen LogP contribution is -2.49. The Labute approximate surface area is 209 Å². The number of amides is 1. The molecule has 2 atom stereocenters. The molecule has 1 amide bonds. The third kappa shape index (κ3) is 4.54. The molecule has 36 heavy (non-hydrogen) atoms. The summed E-state index contributed by atoms with van der Waals surface area (Å²) >= 11 is 0. The summed E-state index contributed by atoms with van der Waals surface area (Å²) in [6.45, 7) is 1.52. The summed E-state index contributed by atoms with van der Waals surface area (Å²) in [6.07, 6.45) is 15.7. The van der Waals surface area contributed by atoms with Crippen molar-refractivity contribution in [3.05, 3.63) is 61.4 Å². The van der Waals surface area contributed by atoms with E-state index in [1.165, 1.54) is 0 Å². The van der Waals surface area contributed by atoms with Gasteiger partial charge in [0.05, 0.1) is 25.0 Å². The summed E-state index contributed by atoms with van der Waals surface area (Å²) in [7, 11) is 1.91. The third-order valence-corrected chi connectivity index (χ3v) is 7.20. The average molecular weight is 484 g/mol. The van der Waals surface area contributed by atoms with Crippen LogP contribution in [0.3, 0.4) is 0 Å². The van der Waals surface area contributed by atoms with E-state index in [4.69, 9.17) is 4.74 Å². The zero-order chi connectivity index (χ0) is 24.5. The summed E-state index contributed by atoms with van der Waals surface area (Å²) < 4.78 is 9.15. The molecule has 184 valence electrons. The lowest BCUT2D eigenvalue weighted by atomic mass is 9.89. The Morgan fingerprint density at radius 2 is 1.67 bits per heavy atom. The second-order valence-electron chi connectivity index (χ2n) is 9.60. The fourth-order valence-electron chi connectivity index (χ4n) is 5.30. The van der Waals surface area contributed by atoms with Crippen molar-refractivity contribution < 1.29 is 9.53 Å². The predicted octanol–water partition coefficient (Wildman–Crippen LogP) is 3.75. The first kappa shape index (κ1) is 22.6. The molecule has 6 rings (SSSR count). The van der Waals surface area contributed by atoms with Gasteiger partial charge in [-0.25, -0.2) is 9.97 Å². The van der Waals surface area contributed by atoms with Crippen LogP contribution < -0.4 is 0 Å². The molecule has 1 aromatic carbocycles. The van der Waals surface area contributed by atoms with E-state index in [1.807, 2.05) is 55.1 Å². The maximum atomic E-state index is 12.3. The third-order valence-electron chi connectivity index (χ3n) is 7.20. The van der Waals surface area contributed by atoms with E-state index >= 15 is 0 Å². The smallest absolute Gasteiger partial charge is 0.248 e. The summed E-state index contributed by atoms with van der Waals surface area (Å²) in [4.78, 5) is 23.6. The predicted molar refractivity (Wildman–Crippen MR) is 135 cm³/mol. The topological polar surface area (TPSA) is 91.0 Å². The molecule has 1 aliphatic carbocycles. The number of nitrogens with zero attached hydrogens (tertiary/aromatic N) is 7. The van der Waals surface area contributed by atoms with Crippen LogP contribution in [0.1, 0.15) is 31.7 Å². The molecule has 2 aliphatic rings. The minimum atomic E-state index is 0.108. The Bertz CT molecular complexity index is 1360. The van der Waals surface area contributed by atoms with E-state index in [9.17, 15) is 4.79 Å². The monoisotopic (exact) mass is 483 g/mol. The normalized spacial score (nSPS) is 20.6. The molecule has 0 radical (unpaired) electrons. The first-order valence-corrected chi connectivity index (χ1v) is 12.5. The molecular weight excluding hydrogens is 454 g/mol. The van der Waals surface area contributed by atoms with Gasteiger partial charge >= 0.3 is 0 Å². The highest BCUT2D eigenvalue weighted by molar-refractivity contribution is 5.78. The molecule has 1 aliphatic heterocycles. The quantitative estimate of drug-likeness (QED) is 0.429. The molecule has 0 N–H and O–H groups in total. The number of rotatable bonds is 5. The molecular formula is C27H29N7O2. The van der Waals surface area contributed by atoms with Crippen LogP contribution in [-0.2, 0) is 16.6 Å². The number of aromatic nitrogens is 6. The zero-order valence-electron chi connectivity index (χ0n) is 20.3. The van der Waals surface area contributed by atoms with Crippen molar-refractivity contribution in [1.82, 2.24) is 34.4 Å². The van der Waals surface area contributed by atoms with Crippen LogP contribution in [0.5, 0.6) is 0 Å². The standard InChI is InChI=1S/C27H29N7O2/c1-32-16-22(14-30-32)19-4-2-5-20(10-19)27-28-12-21(13-29-27)23-15-31-34(17-23)25-7-3-6-24(11-25)33-8-9-36-18-26(33)35/h2,4-5,10,12-17,24-25H,3,6-9,11,18H2,1H3/t24-,25-/m0/s1. The molecule has 9 nitrogen and oxygen atoms in total. The highest BCUT2D eigenvalue weighted by Gasteiger charge is 2.32. The minimum absolute atomic E-state index is 0.108. The van der Waals surface area contributed by atoms with E-state index in [0.717, 1.165) is 53.5 Å². The summed E-state index contributed by atoms with van der Waals surface area (Å²) in [5, 5.41) is 8.93. The zero-order valence-corrected chi connectivity index (χ0v) is 20.3. The van der Waals surface area contributed by atoms with Gasteiger partial charge in [-0.05, 0) is 37.3 Å². The fourth-order valence-corrected chi connectivity index (χ4v) is 5.30.